The van der Waals surface area contributed by atoms with E-state index in [9.17, 15) is 4.39 Å². The Labute approximate surface area is 164 Å². The fraction of sp³-hybridized carbons (Fsp3) is 0.143. The molecule has 5 rings (SSSR count). The molecule has 0 radical (unpaired) electrons. The van der Waals surface area contributed by atoms with E-state index in [1.54, 1.807) is 10.7 Å². The summed E-state index contributed by atoms with van der Waals surface area (Å²) in [6.07, 6.45) is 0.651. The molecule has 0 saturated carbocycles. The Morgan fingerprint density at radius 3 is 2.82 bits per heavy atom. The van der Waals surface area contributed by atoms with Crippen LogP contribution in [0.3, 0.4) is 0 Å². The van der Waals surface area contributed by atoms with E-state index in [0.29, 0.717) is 28.0 Å². The van der Waals surface area contributed by atoms with E-state index in [1.165, 1.54) is 18.3 Å². The van der Waals surface area contributed by atoms with Gasteiger partial charge in [-0.1, -0.05) is 41.7 Å². The van der Waals surface area contributed by atoms with Crippen LogP contribution in [0.2, 0.25) is 0 Å². The van der Waals surface area contributed by atoms with Gasteiger partial charge < -0.3 is 9.15 Å². The lowest BCUT2D eigenvalue weighted by Gasteiger charge is -2.05. The molecule has 0 spiro atoms. The first-order valence-corrected chi connectivity index (χ1v) is 9.68. The van der Waals surface area contributed by atoms with E-state index in [-0.39, 0.29) is 0 Å². The van der Waals surface area contributed by atoms with Crippen molar-refractivity contribution in [1.82, 2.24) is 14.6 Å². The Morgan fingerprint density at radius 2 is 2.04 bits per heavy atom. The number of imidazole rings is 1. The standard InChI is InChI=1S/C21H16FN3O2S/c1-13(22)20-24-25-11-17(23-21(25)28-20)19-9-15-7-8-16(10-18(15)27-19)26-12-14-5-3-2-4-6-14/h2-11,13H,12H2,1H3. The van der Waals surface area contributed by atoms with Crippen LogP contribution in [0.5, 0.6) is 5.75 Å². The van der Waals surface area contributed by atoms with Crippen molar-refractivity contribution in [3.8, 4) is 17.2 Å². The summed E-state index contributed by atoms with van der Waals surface area (Å²) in [7, 11) is 0. The SMILES string of the molecule is CC(F)c1nn2cc(-c3cc4ccc(OCc5ccccc5)cc4o3)nc2s1. The fourth-order valence-corrected chi connectivity index (χ4v) is 3.77. The third-order valence-electron chi connectivity index (χ3n) is 4.39. The monoisotopic (exact) mass is 393 g/mol. The van der Waals surface area contributed by atoms with Gasteiger partial charge in [0.15, 0.2) is 16.9 Å². The first-order chi connectivity index (χ1) is 13.7. The summed E-state index contributed by atoms with van der Waals surface area (Å²) in [5, 5.41) is 5.59. The van der Waals surface area contributed by atoms with Crippen LogP contribution in [0.25, 0.3) is 27.4 Å². The van der Waals surface area contributed by atoms with E-state index in [0.717, 1.165) is 22.3 Å². The smallest absolute Gasteiger partial charge is 0.212 e. The molecular formula is C21H16FN3O2S. The van der Waals surface area contributed by atoms with Crippen LogP contribution >= 0.6 is 11.3 Å². The highest BCUT2D eigenvalue weighted by Gasteiger charge is 2.16. The number of ether oxygens (including phenoxy) is 1. The van der Waals surface area contributed by atoms with Crippen molar-refractivity contribution in [2.45, 2.75) is 19.7 Å². The van der Waals surface area contributed by atoms with Crippen LogP contribution in [-0.2, 0) is 6.61 Å². The quantitative estimate of drug-likeness (QED) is 0.378. The van der Waals surface area contributed by atoms with Gasteiger partial charge in [-0.25, -0.2) is 13.9 Å². The summed E-state index contributed by atoms with van der Waals surface area (Å²) in [6.45, 7) is 1.97. The van der Waals surface area contributed by atoms with Gasteiger partial charge in [-0.3, -0.25) is 0 Å². The first-order valence-electron chi connectivity index (χ1n) is 8.86. The van der Waals surface area contributed by atoms with Crippen LogP contribution in [0.4, 0.5) is 4.39 Å². The molecule has 0 bridgehead atoms. The molecule has 0 amide bonds. The van der Waals surface area contributed by atoms with Crippen molar-refractivity contribution in [2.75, 3.05) is 0 Å². The second-order valence-corrected chi connectivity index (χ2v) is 7.48. The maximum atomic E-state index is 13.4. The highest BCUT2D eigenvalue weighted by atomic mass is 32.1. The molecular weight excluding hydrogens is 377 g/mol. The molecule has 2 aromatic carbocycles. The third-order valence-corrected chi connectivity index (χ3v) is 5.47. The number of furan rings is 1. The lowest BCUT2D eigenvalue weighted by Crippen LogP contribution is -1.94. The van der Waals surface area contributed by atoms with Crippen molar-refractivity contribution in [3.05, 3.63) is 71.4 Å². The molecule has 28 heavy (non-hydrogen) atoms. The fourth-order valence-electron chi connectivity index (χ4n) is 2.96. The zero-order valence-corrected chi connectivity index (χ0v) is 15.8. The van der Waals surface area contributed by atoms with Gasteiger partial charge in [-0.15, -0.1) is 0 Å². The molecule has 0 N–H and O–H groups in total. The van der Waals surface area contributed by atoms with Gasteiger partial charge in [0.1, 0.15) is 23.6 Å². The van der Waals surface area contributed by atoms with Gasteiger partial charge in [0, 0.05) is 11.5 Å². The summed E-state index contributed by atoms with van der Waals surface area (Å²) in [4.78, 5) is 5.15. The Hall–Kier alpha value is -3.19. The zero-order valence-electron chi connectivity index (χ0n) is 15.0. The third kappa shape index (κ3) is 3.14. The molecule has 1 atom stereocenters. The average Bonchev–Trinajstić information content (AvgIpc) is 3.39. The lowest BCUT2D eigenvalue weighted by molar-refractivity contribution is 0.306. The van der Waals surface area contributed by atoms with Crippen molar-refractivity contribution in [3.63, 3.8) is 0 Å². The normalized spacial score (nSPS) is 12.6. The van der Waals surface area contributed by atoms with Crippen molar-refractivity contribution in [2.24, 2.45) is 0 Å². The number of nitrogens with zero attached hydrogens (tertiary/aromatic N) is 3. The molecule has 0 saturated heterocycles. The molecule has 0 fully saturated rings. The van der Waals surface area contributed by atoms with Crippen LogP contribution in [0, 0.1) is 0 Å². The van der Waals surface area contributed by atoms with Gasteiger partial charge in [0.25, 0.3) is 0 Å². The molecule has 1 unspecified atom stereocenters. The van der Waals surface area contributed by atoms with Gasteiger partial charge in [-0.05, 0) is 30.7 Å². The number of hydrogen-bond acceptors (Lipinski definition) is 5. The minimum atomic E-state index is -1.10. The maximum Gasteiger partial charge on any atom is 0.212 e. The highest BCUT2D eigenvalue weighted by molar-refractivity contribution is 7.16. The Kier molecular flexibility index (Phi) is 4.09. The number of rotatable bonds is 5. The van der Waals surface area contributed by atoms with Crippen LogP contribution in [0.1, 0.15) is 23.7 Å². The van der Waals surface area contributed by atoms with Gasteiger partial charge in [0.2, 0.25) is 4.96 Å². The molecule has 5 aromatic rings. The average molecular weight is 393 g/mol. The molecule has 7 heteroatoms. The zero-order chi connectivity index (χ0) is 19.1. The van der Waals surface area contributed by atoms with Crippen molar-refractivity contribution < 1.29 is 13.5 Å². The molecule has 3 aromatic heterocycles. The van der Waals surface area contributed by atoms with Crippen LogP contribution < -0.4 is 4.74 Å². The van der Waals surface area contributed by atoms with Crippen LogP contribution in [-0.4, -0.2) is 14.6 Å². The largest absolute Gasteiger partial charge is 0.489 e. The van der Waals surface area contributed by atoms with E-state index in [4.69, 9.17) is 9.15 Å². The van der Waals surface area contributed by atoms with Crippen LogP contribution in [0.15, 0.2) is 65.2 Å². The van der Waals surface area contributed by atoms with Crippen molar-refractivity contribution >= 4 is 27.3 Å². The van der Waals surface area contributed by atoms with Crippen molar-refractivity contribution in [1.29, 1.82) is 0 Å². The molecule has 3 heterocycles. The van der Waals surface area contributed by atoms with Gasteiger partial charge in [-0.2, -0.15) is 5.10 Å². The van der Waals surface area contributed by atoms with Gasteiger partial charge >= 0.3 is 0 Å². The van der Waals surface area contributed by atoms with E-state index >= 15 is 0 Å². The Morgan fingerprint density at radius 1 is 1.18 bits per heavy atom. The lowest BCUT2D eigenvalue weighted by atomic mass is 10.2. The summed E-state index contributed by atoms with van der Waals surface area (Å²) >= 11 is 1.24. The molecule has 0 aliphatic heterocycles. The Bertz CT molecular complexity index is 1230. The minimum Gasteiger partial charge on any atom is -0.489 e. The topological polar surface area (TPSA) is 52.6 Å². The first kappa shape index (κ1) is 16.9. The van der Waals surface area contributed by atoms with E-state index in [2.05, 4.69) is 10.1 Å². The Balaban J connectivity index is 1.40. The second-order valence-electron chi connectivity index (χ2n) is 6.49. The number of fused-ring (bicyclic) bond motifs is 2. The number of alkyl halides is 1. The molecule has 5 nitrogen and oxygen atoms in total. The minimum absolute atomic E-state index is 0.416. The predicted octanol–water partition coefficient (Wildman–Crippen LogP) is 5.81. The second kappa shape index (κ2) is 6.76. The number of aromatic nitrogens is 3. The molecule has 0 aliphatic rings. The maximum absolute atomic E-state index is 13.4. The molecule has 140 valence electrons. The summed E-state index contributed by atoms with van der Waals surface area (Å²) in [5.74, 6) is 1.38. The summed E-state index contributed by atoms with van der Waals surface area (Å²) in [6, 6.07) is 17.7. The summed E-state index contributed by atoms with van der Waals surface area (Å²) in [5.41, 5.74) is 2.50. The van der Waals surface area contributed by atoms with Gasteiger partial charge in [0.05, 0.1) is 6.20 Å². The number of benzene rings is 2. The number of hydrogen-bond donors (Lipinski definition) is 0. The summed E-state index contributed by atoms with van der Waals surface area (Å²) < 4.78 is 26.8. The molecule has 0 aliphatic carbocycles. The predicted molar refractivity (Wildman–Crippen MR) is 106 cm³/mol. The highest BCUT2D eigenvalue weighted by Crippen LogP contribution is 2.31. The van der Waals surface area contributed by atoms with E-state index < -0.39 is 6.17 Å². The number of halogens is 1. The van der Waals surface area contributed by atoms with E-state index in [1.807, 2.05) is 54.6 Å².